The molecule has 0 aromatic rings. The summed E-state index contributed by atoms with van der Waals surface area (Å²) in [7, 11) is 0. The van der Waals surface area contributed by atoms with E-state index < -0.39 is 30.1 Å². The first-order valence-corrected chi connectivity index (χ1v) is 6.28. The summed E-state index contributed by atoms with van der Waals surface area (Å²) in [5.74, 6) is -1.51. The number of amides is 2. The Morgan fingerprint density at radius 1 is 1.35 bits per heavy atom. The van der Waals surface area contributed by atoms with E-state index in [1.807, 2.05) is 0 Å². The van der Waals surface area contributed by atoms with Gasteiger partial charge in [-0.1, -0.05) is 0 Å². The molecule has 114 valence electrons. The van der Waals surface area contributed by atoms with Crippen LogP contribution in [0.25, 0.3) is 0 Å². The first-order chi connectivity index (χ1) is 9.40. The summed E-state index contributed by atoms with van der Waals surface area (Å²) in [6.45, 7) is 0.0172. The number of carbonyl (C=O) groups excluding carboxylic acids is 3. The zero-order chi connectivity index (χ0) is 15.5. The van der Waals surface area contributed by atoms with Crippen LogP contribution >= 0.6 is 12.6 Å². The summed E-state index contributed by atoms with van der Waals surface area (Å²) in [4.78, 5) is 43.4. The van der Waals surface area contributed by atoms with Crippen molar-refractivity contribution in [2.24, 2.45) is 5.73 Å². The fourth-order valence-electron chi connectivity index (χ4n) is 1.15. The molecule has 5 N–H and O–H groups in total. The minimum Gasteiger partial charge on any atom is -0.481 e. The minimum atomic E-state index is -1.10. The molecular formula is C10H17N3O6S. The third-order valence-electron chi connectivity index (χ3n) is 2.16. The Hall–Kier alpha value is -1.81. The highest BCUT2D eigenvalue weighted by molar-refractivity contribution is 7.80. The van der Waals surface area contributed by atoms with Crippen molar-refractivity contribution in [1.82, 2.24) is 10.6 Å². The molecule has 0 heterocycles. The van der Waals surface area contributed by atoms with E-state index in [0.29, 0.717) is 0 Å². The molecule has 0 bridgehead atoms. The van der Waals surface area contributed by atoms with Crippen molar-refractivity contribution in [3.63, 3.8) is 0 Å². The lowest BCUT2D eigenvalue weighted by atomic mass is 10.1. The van der Waals surface area contributed by atoms with Gasteiger partial charge in [0.05, 0.1) is 19.0 Å². The highest BCUT2D eigenvalue weighted by Gasteiger charge is 2.20. The van der Waals surface area contributed by atoms with Crippen LogP contribution in [0.4, 0.5) is 4.79 Å². The number of urea groups is 1. The number of aliphatic carboxylic acids is 1. The molecular weight excluding hydrogens is 290 g/mol. The maximum absolute atomic E-state index is 11.6. The summed E-state index contributed by atoms with van der Waals surface area (Å²) in [5.41, 5.74) is 5.29. The van der Waals surface area contributed by atoms with Gasteiger partial charge in [0.25, 0.3) is 6.47 Å². The van der Waals surface area contributed by atoms with Crippen LogP contribution in [0, 0.1) is 0 Å². The smallest absolute Gasteiger partial charge is 0.315 e. The highest BCUT2D eigenvalue weighted by Crippen LogP contribution is 1.99. The van der Waals surface area contributed by atoms with Gasteiger partial charge in [-0.15, -0.1) is 0 Å². The van der Waals surface area contributed by atoms with E-state index in [4.69, 9.17) is 10.8 Å². The molecule has 10 heteroatoms. The quantitative estimate of drug-likeness (QED) is 0.187. The topological polar surface area (TPSA) is 148 Å². The SMILES string of the molecule is N[C@@H](CNC(=O)N[C@@H](CS)C(=O)CCC(=O)O)OC=O. The number of nitrogens with one attached hydrogen (secondary N) is 2. The number of nitrogens with two attached hydrogens (primary N) is 1. The van der Waals surface area contributed by atoms with Crippen molar-refractivity contribution in [2.45, 2.75) is 25.1 Å². The summed E-state index contributed by atoms with van der Waals surface area (Å²) in [5, 5.41) is 13.1. The van der Waals surface area contributed by atoms with Crippen LogP contribution in [0.3, 0.4) is 0 Å². The number of carboxylic acids is 1. The molecule has 0 saturated carbocycles. The van der Waals surface area contributed by atoms with Crippen LogP contribution < -0.4 is 16.4 Å². The predicted octanol–water partition coefficient (Wildman–Crippen LogP) is -1.52. The monoisotopic (exact) mass is 307 g/mol. The maximum atomic E-state index is 11.6. The van der Waals surface area contributed by atoms with Crippen LogP contribution in [0.2, 0.25) is 0 Å². The molecule has 0 radical (unpaired) electrons. The lowest BCUT2D eigenvalue weighted by Gasteiger charge is -2.17. The Morgan fingerprint density at radius 2 is 2.00 bits per heavy atom. The van der Waals surface area contributed by atoms with Gasteiger partial charge in [0.15, 0.2) is 12.0 Å². The van der Waals surface area contributed by atoms with Gasteiger partial charge in [0.1, 0.15) is 0 Å². The van der Waals surface area contributed by atoms with Gasteiger partial charge in [0, 0.05) is 12.2 Å². The molecule has 0 spiro atoms. The summed E-state index contributed by atoms with van der Waals surface area (Å²) in [6.07, 6.45) is -1.51. The average Bonchev–Trinajstić information content (AvgIpc) is 2.40. The van der Waals surface area contributed by atoms with Gasteiger partial charge in [-0.25, -0.2) is 4.79 Å². The number of thiol groups is 1. The van der Waals surface area contributed by atoms with Crippen molar-refractivity contribution >= 4 is 36.9 Å². The fraction of sp³-hybridized carbons (Fsp3) is 0.600. The Kier molecular flexibility index (Phi) is 9.13. The Balaban J connectivity index is 4.14. The van der Waals surface area contributed by atoms with Crippen LogP contribution in [0.5, 0.6) is 0 Å². The second-order valence-corrected chi connectivity index (χ2v) is 4.09. The highest BCUT2D eigenvalue weighted by atomic mass is 32.1. The van der Waals surface area contributed by atoms with Crippen LogP contribution in [-0.2, 0) is 19.1 Å². The Morgan fingerprint density at radius 3 is 2.50 bits per heavy atom. The second kappa shape index (κ2) is 10.0. The average molecular weight is 307 g/mol. The third kappa shape index (κ3) is 8.32. The van der Waals surface area contributed by atoms with Crippen LogP contribution in [-0.4, -0.2) is 53.9 Å². The number of carbonyl (C=O) groups is 4. The molecule has 0 aliphatic carbocycles. The van der Waals surface area contributed by atoms with E-state index >= 15 is 0 Å². The number of hydrogen-bond donors (Lipinski definition) is 5. The van der Waals surface area contributed by atoms with Crippen molar-refractivity contribution in [3.05, 3.63) is 0 Å². The lowest BCUT2D eigenvalue weighted by Crippen LogP contribution is -2.49. The van der Waals surface area contributed by atoms with Gasteiger partial charge >= 0.3 is 12.0 Å². The van der Waals surface area contributed by atoms with Crippen molar-refractivity contribution in [1.29, 1.82) is 0 Å². The predicted molar refractivity (Wildman–Crippen MR) is 71.2 cm³/mol. The molecule has 0 aliphatic heterocycles. The number of rotatable bonds is 10. The van der Waals surface area contributed by atoms with E-state index in [1.165, 1.54) is 0 Å². The van der Waals surface area contributed by atoms with Gasteiger partial charge in [-0.3, -0.25) is 20.1 Å². The van der Waals surface area contributed by atoms with Gasteiger partial charge in [-0.05, 0) is 0 Å². The molecule has 0 aliphatic rings. The van der Waals surface area contributed by atoms with E-state index in [9.17, 15) is 19.2 Å². The first kappa shape index (κ1) is 18.2. The maximum Gasteiger partial charge on any atom is 0.315 e. The Labute approximate surface area is 120 Å². The van der Waals surface area contributed by atoms with Gasteiger partial charge < -0.3 is 20.5 Å². The molecule has 0 aromatic heterocycles. The van der Waals surface area contributed by atoms with Crippen LogP contribution in [0.1, 0.15) is 12.8 Å². The second-order valence-electron chi connectivity index (χ2n) is 3.72. The summed E-state index contributed by atoms with van der Waals surface area (Å²) < 4.78 is 4.34. The van der Waals surface area contributed by atoms with E-state index in [1.54, 1.807) is 0 Å². The summed E-state index contributed by atoms with van der Waals surface area (Å²) >= 11 is 3.91. The lowest BCUT2D eigenvalue weighted by molar-refractivity contribution is -0.138. The molecule has 0 rings (SSSR count). The molecule has 20 heavy (non-hydrogen) atoms. The molecule has 2 atom stereocenters. The number of hydrogen-bond acceptors (Lipinski definition) is 7. The number of carboxylic acid groups (broad SMARTS) is 1. The molecule has 9 nitrogen and oxygen atoms in total. The summed E-state index contributed by atoms with van der Waals surface area (Å²) in [6, 6.07) is -1.60. The fourth-order valence-corrected chi connectivity index (χ4v) is 1.45. The molecule has 0 saturated heterocycles. The van der Waals surface area contributed by atoms with E-state index in [2.05, 4.69) is 28.0 Å². The number of ketones is 1. The van der Waals surface area contributed by atoms with Gasteiger partial charge in [-0.2, -0.15) is 12.6 Å². The zero-order valence-corrected chi connectivity index (χ0v) is 11.5. The van der Waals surface area contributed by atoms with Gasteiger partial charge in [0.2, 0.25) is 0 Å². The largest absolute Gasteiger partial charge is 0.481 e. The van der Waals surface area contributed by atoms with Crippen molar-refractivity contribution in [3.8, 4) is 0 Å². The molecule has 0 unspecified atom stereocenters. The first-order valence-electron chi connectivity index (χ1n) is 5.65. The third-order valence-corrected chi connectivity index (χ3v) is 2.52. The van der Waals surface area contributed by atoms with Crippen molar-refractivity contribution in [2.75, 3.05) is 12.3 Å². The molecule has 0 aromatic carbocycles. The molecule has 2 amide bonds. The Bertz CT molecular complexity index is 365. The number of ether oxygens (including phenoxy) is 1. The van der Waals surface area contributed by atoms with E-state index in [0.717, 1.165) is 0 Å². The van der Waals surface area contributed by atoms with Crippen molar-refractivity contribution < 1.29 is 29.0 Å². The normalized spacial score (nSPS) is 12.9. The standard InChI is InChI=1S/C10H17N3O6S/c11-8(19-5-14)3-12-10(18)13-6(4-20)7(15)1-2-9(16)17/h5-6,8,20H,1-4,11H2,(H,16,17)(H2,12,13,18)/t6-,8+/m0/s1. The number of Topliss-reactive ketones (excluding diaryl/α,β-unsaturated/α-hetero) is 1. The zero-order valence-electron chi connectivity index (χ0n) is 10.6. The minimum absolute atomic E-state index is 0.0305. The van der Waals surface area contributed by atoms with E-state index in [-0.39, 0.29) is 31.6 Å². The van der Waals surface area contributed by atoms with Crippen LogP contribution in [0.15, 0.2) is 0 Å². The molecule has 0 fully saturated rings.